The first-order valence-corrected chi connectivity index (χ1v) is 20.4. The zero-order valence-electron chi connectivity index (χ0n) is 31.7. The Morgan fingerprint density at radius 2 is 0.702 bits per heavy atom. The highest BCUT2D eigenvalue weighted by Crippen LogP contribution is 2.15. The van der Waals surface area contributed by atoms with Crippen LogP contribution in [0, 0.1) is 5.92 Å². The van der Waals surface area contributed by atoms with E-state index in [9.17, 15) is 14.4 Å². The van der Waals surface area contributed by atoms with Gasteiger partial charge in [-0.1, -0.05) is 182 Å². The molecule has 0 saturated carbocycles. The van der Waals surface area contributed by atoms with Crippen molar-refractivity contribution in [2.45, 2.75) is 226 Å². The molecule has 47 heavy (non-hydrogen) atoms. The van der Waals surface area contributed by atoms with Gasteiger partial charge >= 0.3 is 17.9 Å². The van der Waals surface area contributed by atoms with Crippen molar-refractivity contribution in [3.05, 3.63) is 0 Å². The summed E-state index contributed by atoms with van der Waals surface area (Å²) >= 11 is 0. The fourth-order valence-electron chi connectivity index (χ4n) is 5.92. The first-order chi connectivity index (χ1) is 22.9. The second-order valence-corrected chi connectivity index (χ2v) is 14.4. The highest BCUT2D eigenvalue weighted by atomic mass is 16.6. The molecular weight excluding hydrogens is 588 g/mol. The molecule has 0 saturated heterocycles. The molecule has 6 nitrogen and oxygen atoms in total. The van der Waals surface area contributed by atoms with Crippen LogP contribution in [0.1, 0.15) is 220 Å². The Morgan fingerprint density at radius 1 is 0.404 bits per heavy atom. The van der Waals surface area contributed by atoms with Crippen molar-refractivity contribution in [3.63, 3.8) is 0 Å². The number of esters is 3. The summed E-state index contributed by atoms with van der Waals surface area (Å²) in [6.07, 6.45) is 32.4. The van der Waals surface area contributed by atoms with Crippen LogP contribution in [0.25, 0.3) is 0 Å². The Hall–Kier alpha value is -1.59. The van der Waals surface area contributed by atoms with Crippen molar-refractivity contribution in [1.29, 1.82) is 0 Å². The van der Waals surface area contributed by atoms with Crippen LogP contribution >= 0.6 is 0 Å². The number of carbonyl (C=O) groups is 3. The van der Waals surface area contributed by atoms with Gasteiger partial charge in [0.25, 0.3) is 0 Å². The minimum Gasteiger partial charge on any atom is -0.462 e. The average molecular weight is 667 g/mol. The van der Waals surface area contributed by atoms with Gasteiger partial charge < -0.3 is 14.2 Å². The largest absolute Gasteiger partial charge is 0.462 e. The van der Waals surface area contributed by atoms with E-state index < -0.39 is 6.10 Å². The molecule has 0 aliphatic rings. The number of rotatable bonds is 36. The van der Waals surface area contributed by atoms with Crippen LogP contribution in [0.3, 0.4) is 0 Å². The Morgan fingerprint density at radius 3 is 1.04 bits per heavy atom. The first kappa shape index (κ1) is 45.4. The third-order valence-electron chi connectivity index (χ3n) is 9.04. The summed E-state index contributed by atoms with van der Waals surface area (Å²) < 4.78 is 16.6. The SMILES string of the molecule is CCCCCCCCCCCCCCC(=O)OC[C@H](COC(=O)CCCCCCCCCC(C)C)OC(=O)CCCCCCCCC. The van der Waals surface area contributed by atoms with E-state index in [1.54, 1.807) is 0 Å². The second-order valence-electron chi connectivity index (χ2n) is 14.4. The minimum atomic E-state index is -0.757. The predicted molar refractivity (Wildman–Crippen MR) is 196 cm³/mol. The van der Waals surface area contributed by atoms with E-state index in [4.69, 9.17) is 14.2 Å². The van der Waals surface area contributed by atoms with Crippen LogP contribution in [0.15, 0.2) is 0 Å². The van der Waals surface area contributed by atoms with Gasteiger partial charge in [-0.2, -0.15) is 0 Å². The summed E-state index contributed by atoms with van der Waals surface area (Å²) in [5.41, 5.74) is 0. The molecule has 0 spiro atoms. The molecule has 6 heteroatoms. The number of ether oxygens (including phenoxy) is 3. The molecule has 0 unspecified atom stereocenters. The lowest BCUT2D eigenvalue weighted by Crippen LogP contribution is -2.30. The lowest BCUT2D eigenvalue weighted by molar-refractivity contribution is -0.167. The van der Waals surface area contributed by atoms with Gasteiger partial charge in [0.1, 0.15) is 13.2 Å². The molecule has 278 valence electrons. The summed E-state index contributed by atoms with van der Waals surface area (Å²) in [4.78, 5) is 37.4. The molecule has 0 amide bonds. The highest BCUT2D eigenvalue weighted by molar-refractivity contribution is 5.71. The van der Waals surface area contributed by atoms with Gasteiger partial charge in [-0.3, -0.25) is 14.4 Å². The van der Waals surface area contributed by atoms with Gasteiger partial charge in [-0.15, -0.1) is 0 Å². The molecule has 0 aliphatic carbocycles. The van der Waals surface area contributed by atoms with E-state index >= 15 is 0 Å². The fraction of sp³-hybridized carbons (Fsp3) is 0.927. The Balaban J connectivity index is 4.29. The molecule has 0 heterocycles. The molecule has 1 atom stereocenters. The minimum absolute atomic E-state index is 0.0655. The Bertz CT molecular complexity index is 706. The molecule has 0 aromatic heterocycles. The van der Waals surface area contributed by atoms with Crippen molar-refractivity contribution in [2.24, 2.45) is 5.92 Å². The number of hydrogen-bond donors (Lipinski definition) is 0. The maximum atomic E-state index is 12.5. The van der Waals surface area contributed by atoms with Crippen LogP contribution in [0.4, 0.5) is 0 Å². The van der Waals surface area contributed by atoms with E-state index in [-0.39, 0.29) is 31.1 Å². The van der Waals surface area contributed by atoms with Crippen LogP contribution < -0.4 is 0 Å². The molecule has 0 rings (SSSR count). The molecule has 0 aromatic carbocycles. The summed E-state index contributed by atoms with van der Waals surface area (Å²) in [6, 6.07) is 0. The fourth-order valence-corrected chi connectivity index (χ4v) is 5.92. The maximum absolute atomic E-state index is 12.5. The van der Waals surface area contributed by atoms with Crippen molar-refractivity contribution in [2.75, 3.05) is 13.2 Å². The van der Waals surface area contributed by atoms with Gasteiger partial charge in [0.15, 0.2) is 6.10 Å². The maximum Gasteiger partial charge on any atom is 0.306 e. The number of hydrogen-bond acceptors (Lipinski definition) is 6. The Labute approximate surface area is 291 Å². The van der Waals surface area contributed by atoms with Crippen molar-refractivity contribution >= 4 is 17.9 Å². The van der Waals surface area contributed by atoms with Gasteiger partial charge in [-0.25, -0.2) is 0 Å². The summed E-state index contributed by atoms with van der Waals surface area (Å²) in [7, 11) is 0. The first-order valence-electron chi connectivity index (χ1n) is 20.4. The van der Waals surface area contributed by atoms with E-state index in [0.29, 0.717) is 19.3 Å². The quantitative estimate of drug-likeness (QED) is 0.0376. The second kappa shape index (κ2) is 35.7. The molecule has 0 aromatic rings. The molecule has 0 radical (unpaired) electrons. The molecule has 0 N–H and O–H groups in total. The van der Waals surface area contributed by atoms with E-state index in [1.165, 1.54) is 116 Å². The summed E-state index contributed by atoms with van der Waals surface area (Å²) in [5.74, 6) is -0.0889. The number of carbonyl (C=O) groups excluding carboxylic acids is 3. The highest BCUT2D eigenvalue weighted by Gasteiger charge is 2.19. The number of unbranched alkanes of at least 4 members (excludes halogenated alkanes) is 23. The summed E-state index contributed by atoms with van der Waals surface area (Å²) in [5, 5.41) is 0. The van der Waals surface area contributed by atoms with Crippen LogP contribution in [0.5, 0.6) is 0 Å². The van der Waals surface area contributed by atoms with E-state index in [0.717, 1.165) is 63.7 Å². The molecule has 0 bridgehead atoms. The van der Waals surface area contributed by atoms with Crippen LogP contribution in [-0.2, 0) is 28.6 Å². The van der Waals surface area contributed by atoms with Crippen LogP contribution in [0.2, 0.25) is 0 Å². The van der Waals surface area contributed by atoms with Crippen LogP contribution in [-0.4, -0.2) is 37.2 Å². The van der Waals surface area contributed by atoms with Gasteiger partial charge in [-0.05, 0) is 25.2 Å². The predicted octanol–water partition coefficient (Wildman–Crippen LogP) is 12.4. The molecule has 0 aliphatic heterocycles. The van der Waals surface area contributed by atoms with Crippen molar-refractivity contribution in [3.8, 4) is 0 Å². The topological polar surface area (TPSA) is 78.9 Å². The lowest BCUT2D eigenvalue weighted by Gasteiger charge is -2.18. The molecular formula is C41H78O6. The van der Waals surface area contributed by atoms with E-state index in [1.807, 2.05) is 0 Å². The monoisotopic (exact) mass is 667 g/mol. The van der Waals surface area contributed by atoms with Gasteiger partial charge in [0.2, 0.25) is 0 Å². The summed E-state index contributed by atoms with van der Waals surface area (Å²) in [6.45, 7) is 8.88. The van der Waals surface area contributed by atoms with E-state index in [2.05, 4.69) is 27.7 Å². The zero-order chi connectivity index (χ0) is 34.6. The van der Waals surface area contributed by atoms with Crippen molar-refractivity contribution < 1.29 is 28.6 Å². The third kappa shape index (κ3) is 35.5. The molecule has 0 fully saturated rings. The normalized spacial score (nSPS) is 11.9. The Kier molecular flexibility index (Phi) is 34.5. The van der Waals surface area contributed by atoms with Crippen molar-refractivity contribution in [1.82, 2.24) is 0 Å². The third-order valence-corrected chi connectivity index (χ3v) is 9.04. The van der Waals surface area contributed by atoms with Gasteiger partial charge in [0, 0.05) is 19.3 Å². The smallest absolute Gasteiger partial charge is 0.306 e. The lowest BCUT2D eigenvalue weighted by atomic mass is 10.0. The standard InChI is InChI=1S/C41H78O6/c1-5-7-9-11-13-14-15-16-17-21-24-28-32-39(42)45-35-38(47-41(44)34-30-26-19-12-10-8-6-2)36-46-40(43)33-29-25-22-18-20-23-27-31-37(3)4/h37-38H,5-36H2,1-4H3/t38-/m1/s1. The average Bonchev–Trinajstić information content (AvgIpc) is 3.05. The van der Waals surface area contributed by atoms with Gasteiger partial charge in [0.05, 0.1) is 0 Å². The zero-order valence-corrected chi connectivity index (χ0v) is 31.7.